The maximum Gasteiger partial charge on any atom is 0.0739 e. The first-order valence-corrected chi connectivity index (χ1v) is 12.4. The number of thiocarbonyl (C=S) groups is 1. The summed E-state index contributed by atoms with van der Waals surface area (Å²) < 4.78 is 0. The van der Waals surface area contributed by atoms with E-state index in [1.807, 2.05) is 0 Å². The van der Waals surface area contributed by atoms with Crippen molar-refractivity contribution < 1.29 is 0 Å². The number of nitrogens with zero attached hydrogens (tertiary/aromatic N) is 1. The first-order chi connectivity index (χ1) is 13.8. The summed E-state index contributed by atoms with van der Waals surface area (Å²) in [4.78, 5) is 4.07. The van der Waals surface area contributed by atoms with E-state index in [4.69, 9.17) is 12.2 Å². The van der Waals surface area contributed by atoms with Crippen molar-refractivity contribution >= 4 is 23.1 Å². The van der Waals surface area contributed by atoms with E-state index < -0.39 is 0 Å². The minimum atomic E-state index is 0.751. The van der Waals surface area contributed by atoms with Crippen LogP contribution >= 0.6 is 12.2 Å². The van der Waals surface area contributed by atoms with Crippen LogP contribution in [-0.2, 0) is 0 Å². The fourth-order valence-corrected chi connectivity index (χ4v) is 5.89. The van der Waals surface area contributed by atoms with Gasteiger partial charge in [-0.15, -0.1) is 0 Å². The van der Waals surface area contributed by atoms with Gasteiger partial charge in [-0.25, -0.2) is 0 Å². The lowest BCUT2D eigenvalue weighted by Crippen LogP contribution is -2.25. The summed E-state index contributed by atoms with van der Waals surface area (Å²) in [6, 6.07) is 8.68. The molecule has 0 aromatic heterocycles. The third-order valence-corrected chi connectivity index (χ3v) is 7.68. The Hall–Kier alpha value is -0.980. The second kappa shape index (κ2) is 11.9. The van der Waals surface area contributed by atoms with Crippen molar-refractivity contribution in [1.82, 2.24) is 0 Å². The first-order valence-electron chi connectivity index (χ1n) is 12.0. The van der Waals surface area contributed by atoms with E-state index in [1.165, 1.54) is 95.5 Å². The largest absolute Gasteiger partial charge is 0.195 e. The number of isothiocyanates is 1. The fourth-order valence-electron chi connectivity index (χ4n) is 5.78. The molecule has 0 unspecified atom stereocenters. The highest BCUT2D eigenvalue weighted by atomic mass is 32.1. The number of unbranched alkanes of at least 4 members (excludes halogenated alkanes) is 4. The molecule has 28 heavy (non-hydrogen) atoms. The summed E-state index contributed by atoms with van der Waals surface area (Å²) in [5, 5.41) is 2.46. The van der Waals surface area contributed by atoms with Crippen LogP contribution in [0, 0.1) is 17.8 Å². The normalized spacial score (nSPS) is 27.9. The zero-order valence-electron chi connectivity index (χ0n) is 17.9. The minimum absolute atomic E-state index is 0.751. The summed E-state index contributed by atoms with van der Waals surface area (Å²) in [7, 11) is 0. The van der Waals surface area contributed by atoms with Gasteiger partial charge in [-0.1, -0.05) is 70.4 Å². The van der Waals surface area contributed by atoms with Gasteiger partial charge in [-0.3, -0.25) is 0 Å². The maximum absolute atomic E-state index is 4.69. The zero-order valence-corrected chi connectivity index (χ0v) is 18.7. The second-order valence-electron chi connectivity index (χ2n) is 9.39. The van der Waals surface area contributed by atoms with E-state index in [1.54, 1.807) is 0 Å². The Balaban J connectivity index is 1.36. The first kappa shape index (κ1) is 21.7. The highest BCUT2D eigenvalue weighted by Crippen LogP contribution is 2.44. The molecular weight excluding hydrogens is 358 g/mol. The lowest BCUT2D eigenvalue weighted by atomic mass is 9.68. The summed E-state index contributed by atoms with van der Waals surface area (Å²) in [6.45, 7) is 2.31. The molecule has 0 amide bonds. The van der Waals surface area contributed by atoms with E-state index in [2.05, 4.69) is 41.3 Å². The molecule has 0 spiro atoms. The quantitative estimate of drug-likeness (QED) is 0.230. The van der Waals surface area contributed by atoms with E-state index in [0.717, 1.165) is 29.4 Å². The number of hydrogen-bond acceptors (Lipinski definition) is 2. The SMILES string of the molecule is CCCCCCCC1CCC(C2CCC(c3ccc(N=C=S)cc3)CC2)CC1. The van der Waals surface area contributed by atoms with Crippen molar-refractivity contribution in [2.75, 3.05) is 0 Å². The Bertz CT molecular complexity index is 600. The Morgan fingerprint density at radius 3 is 2.04 bits per heavy atom. The molecule has 154 valence electrons. The molecule has 0 saturated heterocycles. The van der Waals surface area contributed by atoms with Gasteiger partial charge in [0.2, 0.25) is 0 Å². The zero-order chi connectivity index (χ0) is 19.6. The lowest BCUT2D eigenvalue weighted by Gasteiger charge is -2.38. The molecule has 0 heterocycles. The van der Waals surface area contributed by atoms with Crippen molar-refractivity contribution in [3.8, 4) is 0 Å². The van der Waals surface area contributed by atoms with E-state index >= 15 is 0 Å². The number of rotatable bonds is 9. The lowest BCUT2D eigenvalue weighted by molar-refractivity contribution is 0.155. The molecule has 2 aliphatic rings. The molecular formula is C26H39NS. The van der Waals surface area contributed by atoms with E-state index in [9.17, 15) is 0 Å². The summed E-state index contributed by atoms with van der Waals surface area (Å²) in [6.07, 6.45) is 20.4. The molecule has 1 nitrogen and oxygen atoms in total. The minimum Gasteiger partial charge on any atom is -0.195 e. The van der Waals surface area contributed by atoms with Crippen LogP contribution in [0.25, 0.3) is 0 Å². The van der Waals surface area contributed by atoms with Gasteiger partial charge < -0.3 is 0 Å². The van der Waals surface area contributed by atoms with Crippen molar-refractivity contribution in [3.63, 3.8) is 0 Å². The summed E-state index contributed by atoms with van der Waals surface area (Å²) in [5.74, 6) is 3.82. The van der Waals surface area contributed by atoms with Crippen molar-refractivity contribution in [1.29, 1.82) is 0 Å². The highest BCUT2D eigenvalue weighted by molar-refractivity contribution is 7.78. The Morgan fingerprint density at radius 2 is 1.43 bits per heavy atom. The van der Waals surface area contributed by atoms with Crippen LogP contribution in [-0.4, -0.2) is 5.16 Å². The van der Waals surface area contributed by atoms with Crippen LogP contribution < -0.4 is 0 Å². The van der Waals surface area contributed by atoms with Gasteiger partial charge >= 0.3 is 0 Å². The Morgan fingerprint density at radius 1 is 0.821 bits per heavy atom. The molecule has 2 saturated carbocycles. The van der Waals surface area contributed by atoms with Crippen LogP contribution in [0.3, 0.4) is 0 Å². The molecule has 0 aliphatic heterocycles. The van der Waals surface area contributed by atoms with Crippen LogP contribution in [0.15, 0.2) is 29.3 Å². The molecule has 2 heteroatoms. The number of aliphatic imine (C=N–C) groups is 1. The van der Waals surface area contributed by atoms with Crippen molar-refractivity contribution in [2.45, 2.75) is 103 Å². The smallest absolute Gasteiger partial charge is 0.0739 e. The van der Waals surface area contributed by atoms with Crippen LogP contribution in [0.5, 0.6) is 0 Å². The van der Waals surface area contributed by atoms with Gasteiger partial charge in [-0.2, -0.15) is 4.99 Å². The van der Waals surface area contributed by atoms with E-state index in [0.29, 0.717) is 0 Å². The van der Waals surface area contributed by atoms with Crippen LogP contribution in [0.2, 0.25) is 0 Å². The number of hydrogen-bond donors (Lipinski definition) is 0. The molecule has 0 radical (unpaired) electrons. The molecule has 1 aromatic carbocycles. The van der Waals surface area contributed by atoms with Crippen LogP contribution in [0.1, 0.15) is 108 Å². The average molecular weight is 398 g/mol. The molecule has 0 atom stereocenters. The molecule has 3 rings (SSSR count). The highest BCUT2D eigenvalue weighted by Gasteiger charge is 2.31. The fraction of sp³-hybridized carbons (Fsp3) is 0.731. The predicted octanol–water partition coefficient (Wildman–Crippen LogP) is 8.86. The third-order valence-electron chi connectivity index (χ3n) is 7.59. The van der Waals surface area contributed by atoms with Gasteiger partial charge in [0.15, 0.2) is 0 Å². The Labute approximate surface area is 178 Å². The van der Waals surface area contributed by atoms with Gasteiger partial charge in [0.25, 0.3) is 0 Å². The molecule has 1 aromatic rings. The van der Waals surface area contributed by atoms with Gasteiger partial charge in [0.05, 0.1) is 10.8 Å². The van der Waals surface area contributed by atoms with Crippen molar-refractivity contribution in [3.05, 3.63) is 29.8 Å². The molecule has 2 aliphatic carbocycles. The monoisotopic (exact) mass is 397 g/mol. The Kier molecular flexibility index (Phi) is 9.22. The predicted molar refractivity (Wildman–Crippen MR) is 125 cm³/mol. The van der Waals surface area contributed by atoms with Gasteiger partial charge in [0.1, 0.15) is 0 Å². The second-order valence-corrected chi connectivity index (χ2v) is 9.57. The van der Waals surface area contributed by atoms with Gasteiger partial charge in [-0.05, 0) is 92.1 Å². The van der Waals surface area contributed by atoms with Crippen LogP contribution in [0.4, 0.5) is 5.69 Å². The standard InChI is InChI=1S/C26H39NS/c1-2-3-4-5-6-7-21-8-10-22(11-9-21)23-12-14-24(15-13-23)25-16-18-26(19-17-25)27-20-28/h16-19,21-24H,2-15H2,1H3. The topological polar surface area (TPSA) is 12.4 Å². The number of benzene rings is 1. The van der Waals surface area contributed by atoms with E-state index in [-0.39, 0.29) is 0 Å². The summed E-state index contributed by atoms with van der Waals surface area (Å²) >= 11 is 4.69. The third kappa shape index (κ3) is 6.53. The average Bonchev–Trinajstić information content (AvgIpc) is 2.75. The van der Waals surface area contributed by atoms with Crippen molar-refractivity contribution in [2.24, 2.45) is 22.7 Å². The van der Waals surface area contributed by atoms with Gasteiger partial charge in [0, 0.05) is 0 Å². The summed E-state index contributed by atoms with van der Waals surface area (Å²) in [5.41, 5.74) is 2.42. The maximum atomic E-state index is 4.69. The molecule has 0 N–H and O–H groups in total. The molecule has 0 bridgehead atoms. The molecule has 2 fully saturated rings.